The number of carboxylic acid groups (broad SMARTS) is 1. The number of halogens is 1. The third-order valence-electron chi connectivity index (χ3n) is 3.04. The monoisotopic (exact) mass is 340 g/mol. The third kappa shape index (κ3) is 7.65. The number of nitrogens with one attached hydrogen (secondary N) is 2. The molecular weight excluding hydrogens is 320 g/mol. The van der Waals surface area contributed by atoms with Crippen molar-refractivity contribution in [3.63, 3.8) is 0 Å². The highest BCUT2D eigenvalue weighted by Gasteiger charge is 2.21. The molecule has 0 aliphatic rings. The number of rotatable bonds is 8. The number of amides is 2. The lowest BCUT2D eigenvalue weighted by Gasteiger charge is -2.16. The van der Waals surface area contributed by atoms with E-state index in [4.69, 9.17) is 16.7 Å². The molecule has 0 unspecified atom stereocenters. The van der Waals surface area contributed by atoms with Gasteiger partial charge in [0.1, 0.15) is 6.04 Å². The summed E-state index contributed by atoms with van der Waals surface area (Å²) in [6.45, 7) is 3.48. The van der Waals surface area contributed by atoms with E-state index in [1.54, 1.807) is 24.3 Å². The Labute approximate surface area is 140 Å². The van der Waals surface area contributed by atoms with Crippen molar-refractivity contribution in [1.82, 2.24) is 10.6 Å². The van der Waals surface area contributed by atoms with Crippen molar-refractivity contribution in [1.29, 1.82) is 0 Å². The Balaban J connectivity index is 2.42. The Bertz CT molecular complexity index is 575. The molecule has 0 spiro atoms. The molecule has 3 N–H and O–H groups in total. The molecule has 1 aromatic rings. The van der Waals surface area contributed by atoms with Crippen LogP contribution in [0.15, 0.2) is 24.3 Å². The standard InChI is InChI=1S/C16H21ClN2O4/c1-10(2)6-13(16(22)23)19-15(21)9-18-14(20)8-11-4-3-5-12(17)7-11/h3-5,7,10,13H,6,8-9H2,1-2H3,(H,18,20)(H,19,21)(H,22,23)/t13-/m0/s1. The molecule has 1 aromatic carbocycles. The van der Waals surface area contributed by atoms with Crippen LogP contribution in [0.3, 0.4) is 0 Å². The van der Waals surface area contributed by atoms with E-state index in [0.717, 1.165) is 5.56 Å². The first-order valence-corrected chi connectivity index (χ1v) is 7.69. The van der Waals surface area contributed by atoms with Crippen molar-refractivity contribution < 1.29 is 19.5 Å². The number of hydrogen-bond donors (Lipinski definition) is 3. The van der Waals surface area contributed by atoms with Gasteiger partial charge in [0.05, 0.1) is 13.0 Å². The number of carbonyl (C=O) groups is 3. The van der Waals surface area contributed by atoms with Gasteiger partial charge in [0.15, 0.2) is 0 Å². The zero-order valence-corrected chi connectivity index (χ0v) is 13.9. The molecule has 0 aliphatic carbocycles. The van der Waals surface area contributed by atoms with Crippen molar-refractivity contribution in [2.45, 2.75) is 32.7 Å². The highest BCUT2D eigenvalue weighted by molar-refractivity contribution is 6.30. The molecule has 0 saturated carbocycles. The summed E-state index contributed by atoms with van der Waals surface area (Å²) in [6.07, 6.45) is 0.430. The lowest BCUT2D eigenvalue weighted by atomic mass is 10.0. The minimum atomic E-state index is -1.09. The predicted molar refractivity (Wildman–Crippen MR) is 87.2 cm³/mol. The summed E-state index contributed by atoms with van der Waals surface area (Å²) in [7, 11) is 0. The van der Waals surface area contributed by atoms with Crippen LogP contribution in [-0.4, -0.2) is 35.5 Å². The fourth-order valence-corrected chi connectivity index (χ4v) is 2.22. The quantitative estimate of drug-likeness (QED) is 0.670. The van der Waals surface area contributed by atoms with Crippen LogP contribution in [0.25, 0.3) is 0 Å². The van der Waals surface area contributed by atoms with Gasteiger partial charge in [0, 0.05) is 5.02 Å². The lowest BCUT2D eigenvalue weighted by Crippen LogP contribution is -2.46. The number of benzene rings is 1. The molecule has 2 amide bonds. The van der Waals surface area contributed by atoms with Crippen molar-refractivity contribution in [2.24, 2.45) is 5.92 Å². The normalized spacial score (nSPS) is 11.8. The molecular formula is C16H21ClN2O4. The molecule has 126 valence electrons. The third-order valence-corrected chi connectivity index (χ3v) is 3.28. The van der Waals surface area contributed by atoms with Crippen molar-refractivity contribution in [3.05, 3.63) is 34.9 Å². The smallest absolute Gasteiger partial charge is 0.326 e. The van der Waals surface area contributed by atoms with E-state index in [-0.39, 0.29) is 24.8 Å². The van der Waals surface area contributed by atoms with Crippen LogP contribution >= 0.6 is 11.6 Å². The number of aliphatic carboxylic acids is 1. The fraction of sp³-hybridized carbons (Fsp3) is 0.438. The van der Waals surface area contributed by atoms with Gasteiger partial charge >= 0.3 is 5.97 Å². The van der Waals surface area contributed by atoms with Gasteiger partial charge in [-0.1, -0.05) is 37.6 Å². The van der Waals surface area contributed by atoms with Crippen LogP contribution in [0.1, 0.15) is 25.8 Å². The van der Waals surface area contributed by atoms with E-state index in [2.05, 4.69) is 10.6 Å². The SMILES string of the molecule is CC(C)C[C@H](NC(=O)CNC(=O)Cc1cccc(Cl)c1)C(=O)O. The second kappa shape index (κ2) is 9.15. The van der Waals surface area contributed by atoms with E-state index < -0.39 is 17.9 Å². The summed E-state index contributed by atoms with van der Waals surface area (Å²) in [5.41, 5.74) is 0.735. The van der Waals surface area contributed by atoms with Gasteiger partial charge in [-0.25, -0.2) is 4.79 Å². The van der Waals surface area contributed by atoms with Gasteiger partial charge in [-0.3, -0.25) is 9.59 Å². The van der Waals surface area contributed by atoms with Crippen LogP contribution in [0, 0.1) is 5.92 Å². The van der Waals surface area contributed by atoms with E-state index in [0.29, 0.717) is 11.4 Å². The molecule has 0 heterocycles. The van der Waals surface area contributed by atoms with Crippen LogP contribution < -0.4 is 10.6 Å². The molecule has 6 nitrogen and oxygen atoms in total. The number of hydrogen-bond acceptors (Lipinski definition) is 3. The molecule has 1 atom stereocenters. The number of carboxylic acids is 1. The topological polar surface area (TPSA) is 95.5 Å². The van der Waals surface area contributed by atoms with E-state index >= 15 is 0 Å². The maximum atomic E-state index is 11.8. The lowest BCUT2D eigenvalue weighted by molar-refractivity contribution is -0.142. The predicted octanol–water partition coefficient (Wildman–Crippen LogP) is 1.61. The Morgan fingerprint density at radius 1 is 1.22 bits per heavy atom. The van der Waals surface area contributed by atoms with Crippen molar-refractivity contribution in [2.75, 3.05) is 6.54 Å². The Hall–Kier alpha value is -2.08. The molecule has 7 heteroatoms. The van der Waals surface area contributed by atoms with Crippen LogP contribution in [0.2, 0.25) is 5.02 Å². The summed E-state index contributed by atoms with van der Waals surface area (Å²) in [6, 6.07) is 5.92. The van der Waals surface area contributed by atoms with Gasteiger partial charge in [-0.05, 0) is 30.0 Å². The summed E-state index contributed by atoms with van der Waals surface area (Å²) in [4.78, 5) is 34.6. The van der Waals surface area contributed by atoms with Gasteiger partial charge in [-0.15, -0.1) is 0 Å². The largest absolute Gasteiger partial charge is 0.480 e. The van der Waals surface area contributed by atoms with Gasteiger partial charge in [-0.2, -0.15) is 0 Å². The maximum Gasteiger partial charge on any atom is 0.326 e. The highest BCUT2D eigenvalue weighted by atomic mass is 35.5. The molecule has 0 aliphatic heterocycles. The summed E-state index contributed by atoms with van der Waals surface area (Å²) in [5.74, 6) is -1.82. The molecule has 1 rings (SSSR count). The van der Waals surface area contributed by atoms with E-state index in [1.807, 2.05) is 13.8 Å². The first-order valence-electron chi connectivity index (χ1n) is 7.31. The van der Waals surface area contributed by atoms with Crippen LogP contribution in [-0.2, 0) is 20.8 Å². The first-order chi connectivity index (χ1) is 10.8. The van der Waals surface area contributed by atoms with E-state index in [1.165, 1.54) is 0 Å². The van der Waals surface area contributed by atoms with Crippen molar-refractivity contribution in [3.8, 4) is 0 Å². The van der Waals surface area contributed by atoms with Crippen LogP contribution in [0.5, 0.6) is 0 Å². The van der Waals surface area contributed by atoms with Gasteiger partial charge in [0.25, 0.3) is 0 Å². The van der Waals surface area contributed by atoms with E-state index in [9.17, 15) is 14.4 Å². The second-order valence-corrected chi connectivity index (χ2v) is 6.11. The maximum absolute atomic E-state index is 11.8. The fourth-order valence-electron chi connectivity index (χ4n) is 2.01. The summed E-state index contributed by atoms with van der Waals surface area (Å²) < 4.78 is 0. The second-order valence-electron chi connectivity index (χ2n) is 5.67. The first kappa shape index (κ1) is 19.0. The highest BCUT2D eigenvalue weighted by Crippen LogP contribution is 2.10. The minimum absolute atomic E-state index is 0.0994. The Morgan fingerprint density at radius 2 is 1.91 bits per heavy atom. The van der Waals surface area contributed by atoms with Crippen molar-refractivity contribution >= 4 is 29.4 Å². The molecule has 0 aromatic heterocycles. The molecule has 0 saturated heterocycles. The summed E-state index contributed by atoms with van der Waals surface area (Å²) in [5, 5.41) is 14.5. The zero-order chi connectivity index (χ0) is 17.4. The minimum Gasteiger partial charge on any atom is -0.480 e. The Morgan fingerprint density at radius 3 is 2.48 bits per heavy atom. The van der Waals surface area contributed by atoms with Gasteiger partial charge < -0.3 is 15.7 Å². The van der Waals surface area contributed by atoms with Crippen LogP contribution in [0.4, 0.5) is 0 Å². The average Bonchev–Trinajstić information content (AvgIpc) is 2.44. The average molecular weight is 341 g/mol. The van der Waals surface area contributed by atoms with Gasteiger partial charge in [0.2, 0.25) is 11.8 Å². The summed E-state index contributed by atoms with van der Waals surface area (Å²) >= 11 is 5.83. The zero-order valence-electron chi connectivity index (χ0n) is 13.1. The molecule has 23 heavy (non-hydrogen) atoms. The number of carbonyl (C=O) groups excluding carboxylic acids is 2. The Kier molecular flexibility index (Phi) is 7.54. The molecule has 0 fully saturated rings. The molecule has 0 bridgehead atoms. The molecule has 0 radical (unpaired) electrons.